The molecule has 168 valence electrons. The Morgan fingerprint density at radius 1 is 0.900 bits per heavy atom. The molecule has 1 heterocycles. The monoisotopic (exact) mass is 413 g/mol. The second kappa shape index (κ2) is 7.74. The first-order valence-corrected chi connectivity index (χ1v) is 12.9. The molecule has 6 atom stereocenters. The van der Waals surface area contributed by atoms with Crippen LogP contribution in [-0.4, -0.2) is 46.5 Å². The van der Waals surface area contributed by atoms with Crippen molar-refractivity contribution < 1.29 is 10.2 Å². The van der Waals surface area contributed by atoms with Crippen LogP contribution in [0.2, 0.25) is 0 Å². The van der Waals surface area contributed by atoms with Crippen molar-refractivity contribution in [1.82, 2.24) is 4.90 Å². The van der Waals surface area contributed by atoms with E-state index in [-0.39, 0.29) is 16.9 Å². The highest BCUT2D eigenvalue weighted by molar-refractivity contribution is 5.39. The van der Waals surface area contributed by atoms with Gasteiger partial charge in [-0.25, -0.2) is 0 Å². The third-order valence-electron chi connectivity index (χ3n) is 10.3. The first kappa shape index (κ1) is 21.2. The Labute approximate surface area is 183 Å². The molecule has 3 nitrogen and oxygen atoms in total. The minimum absolute atomic E-state index is 0.00752. The van der Waals surface area contributed by atoms with Crippen molar-refractivity contribution in [2.75, 3.05) is 19.6 Å². The van der Waals surface area contributed by atoms with Gasteiger partial charge < -0.3 is 15.1 Å². The molecular formula is C27H43NO2. The zero-order chi connectivity index (χ0) is 21.0. The molecule has 5 rings (SSSR count). The summed E-state index contributed by atoms with van der Waals surface area (Å²) < 4.78 is 0. The molecule has 30 heavy (non-hydrogen) atoms. The van der Waals surface area contributed by atoms with Gasteiger partial charge in [0.15, 0.2) is 0 Å². The van der Waals surface area contributed by atoms with Crippen LogP contribution in [-0.2, 0) is 0 Å². The highest BCUT2D eigenvalue weighted by Crippen LogP contribution is 2.66. The third kappa shape index (κ3) is 3.26. The molecule has 1 aliphatic heterocycles. The molecule has 3 heteroatoms. The Balaban J connectivity index is 1.39. The minimum Gasteiger partial charge on any atom is -0.393 e. The van der Waals surface area contributed by atoms with Crippen LogP contribution in [0.25, 0.3) is 0 Å². The molecule has 1 saturated heterocycles. The van der Waals surface area contributed by atoms with Gasteiger partial charge in [-0.15, -0.1) is 0 Å². The number of β-amino-alcohol motifs (C(OH)–C–C–N with tert-alkyl or cyclic N) is 1. The van der Waals surface area contributed by atoms with Gasteiger partial charge in [0.05, 0.1) is 11.7 Å². The van der Waals surface area contributed by atoms with E-state index in [1.807, 2.05) is 0 Å². The van der Waals surface area contributed by atoms with Crippen LogP contribution in [0.4, 0.5) is 0 Å². The number of likely N-dealkylation sites (tertiary alicyclic amines) is 1. The summed E-state index contributed by atoms with van der Waals surface area (Å²) in [5, 5.41) is 22.3. The molecular weight excluding hydrogens is 370 g/mol. The van der Waals surface area contributed by atoms with Crippen LogP contribution < -0.4 is 0 Å². The van der Waals surface area contributed by atoms with E-state index in [4.69, 9.17) is 0 Å². The van der Waals surface area contributed by atoms with Crippen molar-refractivity contribution in [1.29, 1.82) is 0 Å². The van der Waals surface area contributed by atoms with E-state index in [9.17, 15) is 10.2 Å². The van der Waals surface area contributed by atoms with E-state index in [0.717, 1.165) is 45.1 Å². The number of nitrogens with zero attached hydrogens (tertiary/aromatic N) is 1. The summed E-state index contributed by atoms with van der Waals surface area (Å²) in [6.45, 7) is 8.09. The Hall–Kier alpha value is -0.640. The van der Waals surface area contributed by atoms with E-state index < -0.39 is 5.60 Å². The zero-order valence-corrected chi connectivity index (χ0v) is 19.3. The molecule has 5 aliphatic rings. The summed E-state index contributed by atoms with van der Waals surface area (Å²) in [4.78, 5) is 2.59. The maximum absolute atomic E-state index is 12.1. The van der Waals surface area contributed by atoms with Crippen LogP contribution in [0, 0.1) is 22.7 Å². The zero-order valence-electron chi connectivity index (χ0n) is 19.3. The van der Waals surface area contributed by atoms with Crippen molar-refractivity contribution in [3.63, 3.8) is 0 Å². The van der Waals surface area contributed by atoms with Gasteiger partial charge in [0.2, 0.25) is 0 Å². The van der Waals surface area contributed by atoms with Crippen LogP contribution in [0.3, 0.4) is 0 Å². The Bertz CT molecular complexity index is 720. The molecule has 6 unspecified atom stereocenters. The number of allylic oxidation sites excluding steroid dienone is 3. The fraction of sp³-hybridized carbons (Fsp3) is 0.852. The summed E-state index contributed by atoms with van der Waals surface area (Å²) in [7, 11) is 0. The van der Waals surface area contributed by atoms with Crippen molar-refractivity contribution in [3.8, 4) is 0 Å². The van der Waals surface area contributed by atoms with Gasteiger partial charge in [0.25, 0.3) is 0 Å². The number of rotatable bonds is 2. The predicted molar refractivity (Wildman–Crippen MR) is 122 cm³/mol. The molecule has 0 amide bonds. The first-order chi connectivity index (χ1) is 14.4. The maximum Gasteiger partial charge on any atom is 0.0833 e. The number of aliphatic hydroxyl groups is 2. The second-order valence-corrected chi connectivity index (χ2v) is 11.8. The average Bonchev–Trinajstić information content (AvgIpc) is 2.95. The smallest absolute Gasteiger partial charge is 0.0833 e. The summed E-state index contributed by atoms with van der Waals surface area (Å²) in [5.41, 5.74) is 2.81. The normalized spacial score (nSPS) is 47.3. The van der Waals surface area contributed by atoms with Crippen LogP contribution in [0.5, 0.6) is 0 Å². The highest BCUT2D eigenvalue weighted by atomic mass is 16.3. The molecule has 0 aromatic rings. The molecule has 3 saturated carbocycles. The average molecular weight is 414 g/mol. The Kier molecular flexibility index (Phi) is 5.48. The van der Waals surface area contributed by atoms with E-state index in [0.29, 0.717) is 11.8 Å². The number of hydrogen-bond acceptors (Lipinski definition) is 3. The van der Waals surface area contributed by atoms with Crippen LogP contribution in [0.1, 0.15) is 90.9 Å². The van der Waals surface area contributed by atoms with Crippen molar-refractivity contribution >= 4 is 0 Å². The van der Waals surface area contributed by atoms with E-state index in [2.05, 4.69) is 30.9 Å². The SMILES string of the molecule is CC12CCC(O)CC1=CC=C1C2CCC2(C)C1CCC2(O)CN1CCCCCCC1. The van der Waals surface area contributed by atoms with E-state index >= 15 is 0 Å². The molecule has 4 fully saturated rings. The predicted octanol–water partition coefficient (Wildman–Crippen LogP) is 5.23. The lowest BCUT2D eigenvalue weighted by molar-refractivity contribution is -0.102. The molecule has 0 aromatic carbocycles. The summed E-state index contributed by atoms with van der Waals surface area (Å²) in [6.07, 6.45) is 18.7. The van der Waals surface area contributed by atoms with Gasteiger partial charge in [-0.05, 0) is 88.1 Å². The van der Waals surface area contributed by atoms with E-state index in [1.54, 1.807) is 5.57 Å². The second-order valence-electron chi connectivity index (χ2n) is 11.8. The third-order valence-corrected chi connectivity index (χ3v) is 10.3. The van der Waals surface area contributed by atoms with Gasteiger partial charge in [-0.1, -0.05) is 56.4 Å². The van der Waals surface area contributed by atoms with Gasteiger partial charge in [-0.3, -0.25) is 0 Å². The summed E-state index contributed by atoms with van der Waals surface area (Å²) >= 11 is 0. The van der Waals surface area contributed by atoms with Gasteiger partial charge in [-0.2, -0.15) is 0 Å². The molecule has 4 aliphatic carbocycles. The van der Waals surface area contributed by atoms with Gasteiger partial charge in [0, 0.05) is 12.0 Å². The Morgan fingerprint density at radius 3 is 2.37 bits per heavy atom. The fourth-order valence-electron chi connectivity index (χ4n) is 8.20. The van der Waals surface area contributed by atoms with E-state index in [1.165, 1.54) is 57.2 Å². The van der Waals surface area contributed by atoms with Crippen LogP contribution in [0.15, 0.2) is 23.3 Å². The summed E-state index contributed by atoms with van der Waals surface area (Å²) in [5.74, 6) is 1.14. The molecule has 0 bridgehead atoms. The number of aliphatic hydroxyl groups excluding tert-OH is 1. The summed E-state index contributed by atoms with van der Waals surface area (Å²) in [6, 6.07) is 0. The maximum atomic E-state index is 12.1. The van der Waals surface area contributed by atoms with Crippen molar-refractivity contribution in [2.45, 2.75) is 103 Å². The first-order valence-electron chi connectivity index (χ1n) is 12.9. The standard InChI is InChI=1S/C27H43NO2/c1-25-13-10-21(29)18-20(25)8-9-22-23(25)11-14-26(2)24(22)12-15-27(26,30)19-28-16-6-4-3-5-7-17-28/h8-9,21,23-24,29-30H,3-7,10-19H2,1-2H3. The molecule has 0 spiro atoms. The fourth-order valence-corrected chi connectivity index (χ4v) is 8.20. The highest BCUT2D eigenvalue weighted by Gasteiger charge is 2.62. The van der Waals surface area contributed by atoms with Gasteiger partial charge in [0.1, 0.15) is 0 Å². The molecule has 0 aromatic heterocycles. The quantitative estimate of drug-likeness (QED) is 0.652. The van der Waals surface area contributed by atoms with Crippen LogP contribution >= 0.6 is 0 Å². The van der Waals surface area contributed by atoms with Crippen molar-refractivity contribution in [2.24, 2.45) is 22.7 Å². The lowest BCUT2D eigenvalue weighted by Crippen LogP contribution is -2.56. The lowest BCUT2D eigenvalue weighted by Gasteiger charge is -2.56. The topological polar surface area (TPSA) is 43.7 Å². The largest absolute Gasteiger partial charge is 0.393 e. The molecule has 2 N–H and O–H groups in total. The van der Waals surface area contributed by atoms with Gasteiger partial charge >= 0.3 is 0 Å². The number of hydrogen-bond donors (Lipinski definition) is 2. The number of fused-ring (bicyclic) bond motifs is 5. The Morgan fingerprint density at radius 2 is 1.60 bits per heavy atom. The lowest BCUT2D eigenvalue weighted by atomic mass is 9.50. The minimum atomic E-state index is -0.545. The molecule has 0 radical (unpaired) electrons. The van der Waals surface area contributed by atoms with Crippen molar-refractivity contribution in [3.05, 3.63) is 23.3 Å².